The number of non-ortho nitro benzene ring substituents is 1. The summed E-state index contributed by atoms with van der Waals surface area (Å²) in [5.74, 6) is -0.547. The molecule has 0 atom stereocenters. The van der Waals surface area contributed by atoms with Gasteiger partial charge in [-0.15, -0.1) is 0 Å². The number of rotatable bonds is 7. The second-order valence-corrected chi connectivity index (χ2v) is 6.72. The van der Waals surface area contributed by atoms with Crippen LogP contribution >= 0.6 is 11.3 Å². The normalized spacial score (nSPS) is 10.2. The number of carbonyl (C=O) groups is 1. The Hall–Kier alpha value is -4.06. The van der Waals surface area contributed by atoms with E-state index in [1.165, 1.54) is 0 Å². The van der Waals surface area contributed by atoms with Crippen LogP contribution in [-0.4, -0.2) is 20.7 Å². The zero-order chi connectivity index (χ0) is 21.0. The SMILES string of the molecule is Cc1nc(Nc2ccccc2)sc1C(=O)NNc1ccc([N+](=O)[O-])cc1[N+](=O)[O-]. The van der Waals surface area contributed by atoms with Crippen LogP contribution in [0.25, 0.3) is 0 Å². The molecule has 0 fully saturated rings. The molecule has 1 aromatic heterocycles. The lowest BCUT2D eigenvalue weighted by Gasteiger charge is -2.08. The number of nitrogens with zero attached hydrogens (tertiary/aromatic N) is 3. The number of aryl methyl sites for hydroxylation is 1. The predicted molar refractivity (Wildman–Crippen MR) is 107 cm³/mol. The molecule has 0 bridgehead atoms. The van der Waals surface area contributed by atoms with Crippen LogP contribution in [0, 0.1) is 27.2 Å². The lowest BCUT2D eigenvalue weighted by Crippen LogP contribution is -2.29. The number of aromatic nitrogens is 1. The summed E-state index contributed by atoms with van der Waals surface area (Å²) >= 11 is 1.12. The fourth-order valence-corrected chi connectivity index (χ4v) is 3.26. The molecule has 0 spiro atoms. The average molecular weight is 414 g/mol. The van der Waals surface area contributed by atoms with Crippen LogP contribution in [0.5, 0.6) is 0 Å². The van der Waals surface area contributed by atoms with E-state index in [-0.39, 0.29) is 5.69 Å². The van der Waals surface area contributed by atoms with Crippen molar-refractivity contribution >= 4 is 45.1 Å². The van der Waals surface area contributed by atoms with Gasteiger partial charge < -0.3 is 5.32 Å². The number of hydrogen-bond acceptors (Lipinski definition) is 9. The lowest BCUT2D eigenvalue weighted by atomic mass is 10.2. The van der Waals surface area contributed by atoms with Gasteiger partial charge in [-0.25, -0.2) is 4.98 Å². The summed E-state index contributed by atoms with van der Waals surface area (Å²) in [4.78, 5) is 37.5. The summed E-state index contributed by atoms with van der Waals surface area (Å²) in [5, 5.41) is 25.5. The van der Waals surface area contributed by atoms with Crippen molar-refractivity contribution < 1.29 is 14.6 Å². The van der Waals surface area contributed by atoms with Crippen LogP contribution in [-0.2, 0) is 0 Å². The largest absolute Gasteiger partial charge is 0.332 e. The van der Waals surface area contributed by atoms with Crippen LogP contribution < -0.4 is 16.2 Å². The lowest BCUT2D eigenvalue weighted by molar-refractivity contribution is -0.393. The number of benzene rings is 2. The maximum Gasteiger partial charge on any atom is 0.300 e. The van der Waals surface area contributed by atoms with E-state index in [1.807, 2.05) is 30.3 Å². The number of thiazole rings is 1. The Balaban J connectivity index is 1.73. The van der Waals surface area contributed by atoms with Crippen molar-refractivity contribution in [3.8, 4) is 0 Å². The molecule has 2 aromatic carbocycles. The topological polar surface area (TPSA) is 152 Å². The van der Waals surface area contributed by atoms with E-state index < -0.39 is 27.1 Å². The number of para-hydroxylation sites is 1. The molecule has 1 amide bonds. The first-order valence-electron chi connectivity index (χ1n) is 8.14. The molecule has 0 radical (unpaired) electrons. The van der Waals surface area contributed by atoms with E-state index in [0.717, 1.165) is 35.2 Å². The van der Waals surface area contributed by atoms with Gasteiger partial charge in [-0.05, 0) is 25.1 Å². The van der Waals surface area contributed by atoms with Crippen molar-refractivity contribution in [2.24, 2.45) is 0 Å². The van der Waals surface area contributed by atoms with Crippen LogP contribution in [0.3, 0.4) is 0 Å². The van der Waals surface area contributed by atoms with Crippen molar-refractivity contribution in [3.05, 3.63) is 79.3 Å². The number of amides is 1. The maximum absolute atomic E-state index is 12.5. The monoisotopic (exact) mass is 414 g/mol. The van der Waals surface area contributed by atoms with Gasteiger partial charge in [-0.1, -0.05) is 29.5 Å². The van der Waals surface area contributed by atoms with Crippen LogP contribution in [0.2, 0.25) is 0 Å². The van der Waals surface area contributed by atoms with E-state index in [1.54, 1.807) is 6.92 Å². The Morgan fingerprint density at radius 3 is 2.45 bits per heavy atom. The molecular formula is C17H14N6O5S. The Morgan fingerprint density at radius 1 is 1.07 bits per heavy atom. The molecule has 0 saturated carbocycles. The Kier molecular flexibility index (Phi) is 5.64. The highest BCUT2D eigenvalue weighted by Crippen LogP contribution is 2.29. The molecule has 3 rings (SSSR count). The van der Waals surface area contributed by atoms with Crippen molar-refractivity contribution in [1.82, 2.24) is 10.4 Å². The van der Waals surface area contributed by atoms with Gasteiger partial charge in [0.15, 0.2) is 5.13 Å². The molecule has 148 valence electrons. The number of carbonyl (C=O) groups excluding carboxylic acids is 1. The number of nitro benzene ring substituents is 2. The highest BCUT2D eigenvalue weighted by molar-refractivity contribution is 7.17. The van der Waals surface area contributed by atoms with E-state index in [9.17, 15) is 25.0 Å². The molecule has 0 aliphatic heterocycles. The van der Waals surface area contributed by atoms with Crippen LogP contribution in [0.1, 0.15) is 15.4 Å². The van der Waals surface area contributed by atoms with Gasteiger partial charge in [-0.2, -0.15) is 0 Å². The minimum atomic E-state index is -0.776. The molecule has 3 aromatic rings. The van der Waals surface area contributed by atoms with E-state index >= 15 is 0 Å². The van der Waals surface area contributed by atoms with Gasteiger partial charge in [0.2, 0.25) is 0 Å². The molecule has 0 unspecified atom stereocenters. The number of hydrazine groups is 1. The quantitative estimate of drug-likeness (QED) is 0.390. The molecule has 0 saturated heterocycles. The van der Waals surface area contributed by atoms with Crippen molar-refractivity contribution in [2.75, 3.05) is 10.7 Å². The molecular weight excluding hydrogens is 400 g/mol. The van der Waals surface area contributed by atoms with Gasteiger partial charge in [0, 0.05) is 11.8 Å². The highest BCUT2D eigenvalue weighted by atomic mass is 32.1. The Bertz CT molecular complexity index is 1090. The fourth-order valence-electron chi connectivity index (χ4n) is 2.38. The molecule has 1 heterocycles. The molecule has 0 aliphatic rings. The molecule has 29 heavy (non-hydrogen) atoms. The van der Waals surface area contributed by atoms with Gasteiger partial charge in [-0.3, -0.25) is 35.9 Å². The minimum Gasteiger partial charge on any atom is -0.332 e. The number of hydrogen-bond donors (Lipinski definition) is 3. The van der Waals surface area contributed by atoms with Gasteiger partial charge in [0.05, 0.1) is 21.6 Å². The standard InChI is InChI=1S/C17H14N6O5S/c1-10-15(29-17(18-10)19-11-5-3-2-4-6-11)16(24)21-20-13-8-7-12(22(25)26)9-14(13)23(27)28/h2-9,20H,1H3,(H,18,19)(H,21,24). The summed E-state index contributed by atoms with van der Waals surface area (Å²) in [6, 6.07) is 12.4. The van der Waals surface area contributed by atoms with Gasteiger partial charge >= 0.3 is 5.69 Å². The van der Waals surface area contributed by atoms with Crippen molar-refractivity contribution in [2.45, 2.75) is 6.92 Å². The second-order valence-electron chi connectivity index (χ2n) is 5.72. The second kappa shape index (κ2) is 8.31. The first-order valence-corrected chi connectivity index (χ1v) is 8.95. The summed E-state index contributed by atoms with van der Waals surface area (Å²) in [5.41, 5.74) is 5.04. The van der Waals surface area contributed by atoms with Crippen molar-refractivity contribution in [1.29, 1.82) is 0 Å². The van der Waals surface area contributed by atoms with Crippen LogP contribution in [0.4, 0.5) is 27.9 Å². The fraction of sp³-hybridized carbons (Fsp3) is 0.0588. The number of nitrogens with one attached hydrogen (secondary N) is 3. The summed E-state index contributed by atoms with van der Waals surface area (Å²) in [6.45, 7) is 1.66. The Labute approximate surface area is 167 Å². The molecule has 0 aliphatic carbocycles. The number of anilines is 3. The maximum atomic E-state index is 12.5. The molecule has 12 heteroatoms. The van der Waals surface area contributed by atoms with Crippen molar-refractivity contribution in [3.63, 3.8) is 0 Å². The van der Waals surface area contributed by atoms with E-state index in [2.05, 4.69) is 21.2 Å². The zero-order valence-corrected chi connectivity index (χ0v) is 15.7. The predicted octanol–water partition coefficient (Wildman–Crippen LogP) is 3.77. The zero-order valence-electron chi connectivity index (χ0n) is 14.9. The number of nitro groups is 2. The van der Waals surface area contributed by atoms with Gasteiger partial charge in [0.1, 0.15) is 10.6 Å². The minimum absolute atomic E-state index is 0.0845. The first-order chi connectivity index (χ1) is 13.8. The van der Waals surface area contributed by atoms with Crippen LogP contribution in [0.15, 0.2) is 48.5 Å². The van der Waals surface area contributed by atoms with E-state index in [4.69, 9.17) is 0 Å². The third-order valence-electron chi connectivity index (χ3n) is 3.73. The summed E-state index contributed by atoms with van der Waals surface area (Å²) in [7, 11) is 0. The third kappa shape index (κ3) is 4.62. The third-order valence-corrected chi connectivity index (χ3v) is 4.80. The first kappa shape index (κ1) is 19.7. The van der Waals surface area contributed by atoms with E-state index in [0.29, 0.717) is 15.7 Å². The summed E-state index contributed by atoms with van der Waals surface area (Å²) < 4.78 is 0. The van der Waals surface area contributed by atoms with Gasteiger partial charge in [0.25, 0.3) is 11.6 Å². The molecule has 3 N–H and O–H groups in total. The summed E-state index contributed by atoms with van der Waals surface area (Å²) in [6.07, 6.45) is 0. The molecule has 11 nitrogen and oxygen atoms in total. The smallest absolute Gasteiger partial charge is 0.300 e. The average Bonchev–Trinajstić information content (AvgIpc) is 3.06. The highest BCUT2D eigenvalue weighted by Gasteiger charge is 2.21. The Morgan fingerprint density at radius 2 is 1.79 bits per heavy atom.